The highest BCUT2D eigenvalue weighted by molar-refractivity contribution is 4.92. The molecule has 1 rings (SSSR count). The smallest absolute Gasteiger partial charge is 0.0969 e. The first-order valence-corrected chi connectivity index (χ1v) is 4.43. The van der Waals surface area contributed by atoms with Gasteiger partial charge in [0.15, 0.2) is 0 Å². The summed E-state index contributed by atoms with van der Waals surface area (Å²) in [6.45, 7) is 0.681. The number of methoxy groups -OCH3 is 1. The molecule has 0 amide bonds. The van der Waals surface area contributed by atoms with Gasteiger partial charge in [-0.2, -0.15) is 0 Å². The lowest BCUT2D eigenvalue weighted by Crippen LogP contribution is -2.21. The zero-order valence-electron chi connectivity index (χ0n) is 8.13. The van der Waals surface area contributed by atoms with Crippen LogP contribution in [-0.4, -0.2) is 51.6 Å². The van der Waals surface area contributed by atoms with Gasteiger partial charge in [0, 0.05) is 26.3 Å². The van der Waals surface area contributed by atoms with E-state index in [1.54, 1.807) is 6.20 Å². The third kappa shape index (κ3) is 3.41. The molecule has 0 saturated carbocycles. The minimum absolute atomic E-state index is 0.0549. The predicted octanol–water partition coefficient (Wildman–Crippen LogP) is -1.18. The molecule has 1 aromatic rings. The van der Waals surface area contributed by atoms with Crippen molar-refractivity contribution in [2.75, 3.05) is 20.3 Å². The van der Waals surface area contributed by atoms with Crippen LogP contribution >= 0.6 is 0 Å². The summed E-state index contributed by atoms with van der Waals surface area (Å²) < 4.78 is 6.31. The van der Waals surface area contributed by atoms with Crippen molar-refractivity contribution in [2.24, 2.45) is 0 Å². The molecule has 0 spiro atoms. The fraction of sp³-hybridized carbons (Fsp3) is 0.750. The van der Waals surface area contributed by atoms with Crippen LogP contribution in [0.4, 0.5) is 0 Å². The highest BCUT2D eigenvalue weighted by Crippen LogP contribution is 1.96. The third-order valence-corrected chi connectivity index (χ3v) is 1.71. The summed E-state index contributed by atoms with van der Waals surface area (Å²) in [6, 6.07) is 0. The number of aliphatic hydroxyl groups excluding tert-OH is 2. The monoisotopic (exact) mass is 201 g/mol. The molecule has 6 nitrogen and oxygen atoms in total. The zero-order chi connectivity index (χ0) is 10.4. The molecule has 0 saturated heterocycles. The van der Waals surface area contributed by atoms with Crippen LogP contribution in [0.2, 0.25) is 0 Å². The van der Waals surface area contributed by atoms with Crippen LogP contribution < -0.4 is 0 Å². The lowest BCUT2D eigenvalue weighted by molar-refractivity contribution is 0.0510. The Balaban J connectivity index is 2.42. The number of ether oxygens (including phenoxy) is 1. The van der Waals surface area contributed by atoms with E-state index in [9.17, 15) is 5.11 Å². The van der Waals surface area contributed by atoms with Crippen molar-refractivity contribution in [3.63, 3.8) is 0 Å². The number of nitrogens with zero attached hydrogens (tertiary/aromatic N) is 3. The molecule has 1 heterocycles. The normalized spacial score (nSPS) is 13.1. The summed E-state index contributed by atoms with van der Waals surface area (Å²) in [5.41, 5.74) is 0.720. The fourth-order valence-electron chi connectivity index (χ4n) is 1.12. The van der Waals surface area contributed by atoms with Crippen LogP contribution in [0.25, 0.3) is 0 Å². The summed E-state index contributed by atoms with van der Waals surface area (Å²) >= 11 is 0. The molecule has 0 aliphatic rings. The predicted molar refractivity (Wildman–Crippen MR) is 48.7 cm³/mol. The quantitative estimate of drug-likeness (QED) is 0.605. The van der Waals surface area contributed by atoms with Crippen LogP contribution in [-0.2, 0) is 17.7 Å². The van der Waals surface area contributed by atoms with Crippen molar-refractivity contribution >= 4 is 0 Å². The van der Waals surface area contributed by atoms with Gasteiger partial charge in [-0.25, -0.2) is 4.68 Å². The number of hydrogen-bond acceptors (Lipinski definition) is 5. The average molecular weight is 201 g/mol. The minimum Gasteiger partial charge on any atom is -0.396 e. The van der Waals surface area contributed by atoms with Gasteiger partial charge in [0.2, 0.25) is 0 Å². The molecular weight excluding hydrogens is 186 g/mol. The molecule has 0 radical (unpaired) electrons. The average Bonchev–Trinajstić information content (AvgIpc) is 2.53. The van der Waals surface area contributed by atoms with Gasteiger partial charge >= 0.3 is 0 Å². The van der Waals surface area contributed by atoms with Gasteiger partial charge < -0.3 is 14.9 Å². The van der Waals surface area contributed by atoms with Gasteiger partial charge in [0.05, 0.1) is 24.9 Å². The topological polar surface area (TPSA) is 80.4 Å². The van der Waals surface area contributed by atoms with Crippen molar-refractivity contribution < 1.29 is 14.9 Å². The summed E-state index contributed by atoms with van der Waals surface area (Å²) in [4.78, 5) is 0. The lowest BCUT2D eigenvalue weighted by Gasteiger charge is -2.07. The van der Waals surface area contributed by atoms with Gasteiger partial charge in [-0.1, -0.05) is 5.21 Å². The van der Waals surface area contributed by atoms with Crippen LogP contribution in [0.1, 0.15) is 5.69 Å². The molecule has 1 aromatic heterocycles. The van der Waals surface area contributed by atoms with Crippen LogP contribution in [0, 0.1) is 0 Å². The van der Waals surface area contributed by atoms with Gasteiger partial charge in [0.1, 0.15) is 0 Å². The van der Waals surface area contributed by atoms with E-state index in [2.05, 4.69) is 10.3 Å². The Morgan fingerprint density at radius 2 is 2.43 bits per heavy atom. The second-order valence-electron chi connectivity index (χ2n) is 3.01. The molecule has 0 aliphatic carbocycles. The third-order valence-electron chi connectivity index (χ3n) is 1.71. The van der Waals surface area contributed by atoms with E-state index >= 15 is 0 Å². The van der Waals surface area contributed by atoms with E-state index in [0.29, 0.717) is 13.0 Å². The maximum Gasteiger partial charge on any atom is 0.0969 e. The maximum absolute atomic E-state index is 9.38. The number of aliphatic hydroxyl groups is 2. The Morgan fingerprint density at radius 3 is 3.07 bits per heavy atom. The minimum atomic E-state index is -0.580. The SMILES string of the molecule is COCC(O)Cn1cc(CCO)nn1. The molecule has 0 bridgehead atoms. The number of aromatic nitrogens is 3. The first-order chi connectivity index (χ1) is 6.76. The van der Waals surface area contributed by atoms with Crippen molar-refractivity contribution in [2.45, 2.75) is 19.1 Å². The summed E-state index contributed by atoms with van der Waals surface area (Å²) in [6.07, 6.45) is 1.61. The van der Waals surface area contributed by atoms with Crippen LogP contribution in [0.3, 0.4) is 0 Å². The lowest BCUT2D eigenvalue weighted by atomic mass is 10.3. The van der Waals surface area contributed by atoms with Crippen molar-refractivity contribution in [3.05, 3.63) is 11.9 Å². The Hall–Kier alpha value is -0.980. The zero-order valence-corrected chi connectivity index (χ0v) is 8.13. The van der Waals surface area contributed by atoms with E-state index < -0.39 is 6.10 Å². The van der Waals surface area contributed by atoms with E-state index in [-0.39, 0.29) is 13.2 Å². The van der Waals surface area contributed by atoms with E-state index in [4.69, 9.17) is 9.84 Å². The van der Waals surface area contributed by atoms with Gasteiger partial charge in [-0.05, 0) is 0 Å². The molecule has 1 atom stereocenters. The first-order valence-electron chi connectivity index (χ1n) is 4.43. The second-order valence-corrected chi connectivity index (χ2v) is 3.01. The van der Waals surface area contributed by atoms with E-state index in [0.717, 1.165) is 5.69 Å². The maximum atomic E-state index is 9.38. The summed E-state index contributed by atoms with van der Waals surface area (Å²) in [7, 11) is 1.53. The summed E-state index contributed by atoms with van der Waals surface area (Å²) in [5.74, 6) is 0. The highest BCUT2D eigenvalue weighted by Gasteiger charge is 2.06. The Labute approximate surface area is 82.1 Å². The van der Waals surface area contributed by atoms with Gasteiger partial charge in [0.25, 0.3) is 0 Å². The molecule has 6 heteroatoms. The molecule has 80 valence electrons. The van der Waals surface area contributed by atoms with Gasteiger partial charge in [-0.15, -0.1) is 5.10 Å². The Bertz CT molecular complexity index is 264. The summed E-state index contributed by atoms with van der Waals surface area (Å²) in [5, 5.41) is 25.6. The standard InChI is InChI=1S/C8H15N3O3/c1-14-6-8(13)5-11-4-7(2-3-12)9-10-11/h4,8,12-13H,2-3,5-6H2,1H3. The van der Waals surface area contributed by atoms with Crippen molar-refractivity contribution in [3.8, 4) is 0 Å². The van der Waals surface area contributed by atoms with Crippen molar-refractivity contribution in [1.29, 1.82) is 0 Å². The molecule has 0 aromatic carbocycles. The second kappa shape index (κ2) is 5.69. The van der Waals surface area contributed by atoms with Crippen LogP contribution in [0.15, 0.2) is 6.20 Å². The largest absolute Gasteiger partial charge is 0.396 e. The van der Waals surface area contributed by atoms with E-state index in [1.165, 1.54) is 11.8 Å². The van der Waals surface area contributed by atoms with Crippen LogP contribution in [0.5, 0.6) is 0 Å². The molecule has 2 N–H and O–H groups in total. The number of hydrogen-bond donors (Lipinski definition) is 2. The molecular formula is C8H15N3O3. The molecule has 1 unspecified atom stereocenters. The Kier molecular flexibility index (Phi) is 4.51. The molecule has 14 heavy (non-hydrogen) atoms. The van der Waals surface area contributed by atoms with E-state index in [1.807, 2.05) is 0 Å². The molecule has 0 fully saturated rings. The first kappa shape index (κ1) is 11.1. The number of rotatable bonds is 6. The van der Waals surface area contributed by atoms with Gasteiger partial charge in [-0.3, -0.25) is 0 Å². The highest BCUT2D eigenvalue weighted by atomic mass is 16.5. The fourth-order valence-corrected chi connectivity index (χ4v) is 1.12. The molecule has 0 aliphatic heterocycles. The Morgan fingerprint density at radius 1 is 1.64 bits per heavy atom. The van der Waals surface area contributed by atoms with Crippen molar-refractivity contribution in [1.82, 2.24) is 15.0 Å².